The van der Waals surface area contributed by atoms with Crippen molar-refractivity contribution >= 4 is 6.09 Å². The number of methoxy groups -OCH3 is 1. The molecule has 1 aromatic rings. The lowest BCUT2D eigenvalue weighted by Crippen LogP contribution is -2.39. The van der Waals surface area contributed by atoms with Crippen LogP contribution in [0.3, 0.4) is 0 Å². The van der Waals surface area contributed by atoms with E-state index < -0.39 is 28.9 Å². The smallest absolute Gasteiger partial charge is 0.410 e. The van der Waals surface area contributed by atoms with E-state index in [1.807, 2.05) is 0 Å². The van der Waals surface area contributed by atoms with Crippen molar-refractivity contribution in [2.45, 2.75) is 38.4 Å². The Bertz CT molecular complexity index is 551. The summed E-state index contributed by atoms with van der Waals surface area (Å²) in [7, 11) is 1.47. The van der Waals surface area contributed by atoms with Gasteiger partial charge in [0.2, 0.25) is 0 Å². The Labute approximate surface area is 129 Å². The highest BCUT2D eigenvalue weighted by molar-refractivity contribution is 5.68. The molecule has 4 nitrogen and oxygen atoms in total. The molecule has 1 aliphatic rings. The number of benzene rings is 1. The number of carbonyl (C=O) groups excluding carboxylic acids is 1. The van der Waals surface area contributed by atoms with Crippen LogP contribution in [0.15, 0.2) is 18.2 Å². The van der Waals surface area contributed by atoms with Crippen molar-refractivity contribution in [2.75, 3.05) is 20.2 Å². The van der Waals surface area contributed by atoms with E-state index in [-0.39, 0.29) is 6.54 Å². The first-order valence-corrected chi connectivity index (χ1v) is 7.15. The van der Waals surface area contributed by atoms with Crippen LogP contribution in [0.2, 0.25) is 0 Å². The SMILES string of the molecule is COC1(c2cc(F)cc(F)c2)CCN(C(=O)OC(C)(C)C)C1. The maximum Gasteiger partial charge on any atom is 0.410 e. The molecule has 0 aliphatic carbocycles. The first-order chi connectivity index (χ1) is 10.1. The highest BCUT2D eigenvalue weighted by atomic mass is 19.1. The molecule has 2 rings (SSSR count). The van der Waals surface area contributed by atoms with Crippen molar-refractivity contribution < 1.29 is 23.0 Å². The van der Waals surface area contributed by atoms with Crippen LogP contribution < -0.4 is 0 Å². The van der Waals surface area contributed by atoms with E-state index in [0.29, 0.717) is 18.5 Å². The lowest BCUT2D eigenvalue weighted by atomic mass is 9.92. The zero-order valence-electron chi connectivity index (χ0n) is 13.3. The molecule has 0 saturated carbocycles. The molecule has 122 valence electrons. The molecule has 6 heteroatoms. The molecule has 1 unspecified atom stereocenters. The molecule has 0 N–H and O–H groups in total. The average molecular weight is 313 g/mol. The van der Waals surface area contributed by atoms with Crippen molar-refractivity contribution in [3.05, 3.63) is 35.4 Å². The van der Waals surface area contributed by atoms with Crippen LogP contribution in [0.4, 0.5) is 13.6 Å². The van der Waals surface area contributed by atoms with Crippen LogP contribution >= 0.6 is 0 Å². The number of hydrogen-bond donors (Lipinski definition) is 0. The summed E-state index contributed by atoms with van der Waals surface area (Å²) < 4.78 is 37.8. The number of likely N-dealkylation sites (tertiary alicyclic amines) is 1. The molecule has 0 radical (unpaired) electrons. The van der Waals surface area contributed by atoms with Gasteiger partial charge >= 0.3 is 6.09 Å². The van der Waals surface area contributed by atoms with Gasteiger partial charge in [0.15, 0.2) is 0 Å². The molecule has 0 bridgehead atoms. The van der Waals surface area contributed by atoms with E-state index in [1.165, 1.54) is 24.1 Å². The van der Waals surface area contributed by atoms with Crippen molar-refractivity contribution in [3.63, 3.8) is 0 Å². The predicted octanol–water partition coefficient (Wildman–Crippen LogP) is 3.45. The number of nitrogens with zero attached hydrogens (tertiary/aromatic N) is 1. The summed E-state index contributed by atoms with van der Waals surface area (Å²) in [5.74, 6) is -1.33. The summed E-state index contributed by atoms with van der Waals surface area (Å²) >= 11 is 0. The summed E-state index contributed by atoms with van der Waals surface area (Å²) in [6.45, 7) is 5.95. The Kier molecular flexibility index (Phi) is 4.42. The second-order valence-corrected chi connectivity index (χ2v) is 6.51. The minimum atomic E-state index is -0.917. The minimum absolute atomic E-state index is 0.196. The lowest BCUT2D eigenvalue weighted by Gasteiger charge is -2.29. The Hall–Kier alpha value is -1.69. The highest BCUT2D eigenvalue weighted by Gasteiger charge is 2.43. The first kappa shape index (κ1) is 16.7. The minimum Gasteiger partial charge on any atom is -0.444 e. The van der Waals surface area contributed by atoms with Gasteiger partial charge in [-0.3, -0.25) is 0 Å². The average Bonchev–Trinajstić information content (AvgIpc) is 2.81. The van der Waals surface area contributed by atoms with Gasteiger partial charge in [-0.15, -0.1) is 0 Å². The number of amides is 1. The summed E-state index contributed by atoms with van der Waals surface area (Å²) in [5, 5.41) is 0. The molecule has 1 aliphatic heterocycles. The van der Waals surface area contributed by atoms with Crippen LogP contribution in [-0.2, 0) is 15.1 Å². The fourth-order valence-electron chi connectivity index (χ4n) is 2.60. The number of ether oxygens (including phenoxy) is 2. The van der Waals surface area contributed by atoms with Gasteiger partial charge in [0.25, 0.3) is 0 Å². The Morgan fingerprint density at radius 1 is 1.23 bits per heavy atom. The summed E-state index contributed by atoms with van der Waals surface area (Å²) in [6, 6.07) is 3.30. The van der Waals surface area contributed by atoms with Gasteiger partial charge in [-0.05, 0) is 38.5 Å². The molecular formula is C16H21F2NO3. The van der Waals surface area contributed by atoms with E-state index in [1.54, 1.807) is 20.8 Å². The molecule has 1 amide bonds. The van der Waals surface area contributed by atoms with Crippen LogP contribution in [0, 0.1) is 11.6 Å². The largest absolute Gasteiger partial charge is 0.444 e. The summed E-state index contributed by atoms with van der Waals surface area (Å²) in [5.41, 5.74) is -1.13. The van der Waals surface area contributed by atoms with Crippen LogP contribution in [0.1, 0.15) is 32.8 Å². The fourth-order valence-corrected chi connectivity index (χ4v) is 2.60. The van der Waals surface area contributed by atoms with E-state index in [4.69, 9.17) is 9.47 Å². The Balaban J connectivity index is 2.21. The van der Waals surface area contributed by atoms with Gasteiger partial charge in [0.05, 0.1) is 6.54 Å². The highest BCUT2D eigenvalue weighted by Crippen LogP contribution is 2.36. The zero-order chi connectivity index (χ0) is 16.5. The summed E-state index contributed by atoms with van der Waals surface area (Å²) in [6.07, 6.45) is -0.00524. The molecule has 1 fully saturated rings. The molecule has 0 aromatic heterocycles. The summed E-state index contributed by atoms with van der Waals surface area (Å²) in [4.78, 5) is 13.6. The van der Waals surface area contributed by atoms with Gasteiger partial charge in [-0.2, -0.15) is 0 Å². The van der Waals surface area contributed by atoms with E-state index >= 15 is 0 Å². The monoisotopic (exact) mass is 313 g/mol. The van der Waals surface area contributed by atoms with Crippen LogP contribution in [0.5, 0.6) is 0 Å². The maximum atomic E-state index is 13.5. The zero-order valence-corrected chi connectivity index (χ0v) is 13.3. The van der Waals surface area contributed by atoms with Gasteiger partial charge in [0.1, 0.15) is 22.8 Å². The predicted molar refractivity (Wildman–Crippen MR) is 77.5 cm³/mol. The first-order valence-electron chi connectivity index (χ1n) is 7.15. The normalized spacial score (nSPS) is 22.0. The number of hydrogen-bond acceptors (Lipinski definition) is 3. The third-order valence-electron chi connectivity index (χ3n) is 3.66. The van der Waals surface area contributed by atoms with E-state index in [0.717, 1.165) is 6.07 Å². The van der Waals surface area contributed by atoms with Gasteiger partial charge in [-0.1, -0.05) is 0 Å². The fraction of sp³-hybridized carbons (Fsp3) is 0.562. The third-order valence-corrected chi connectivity index (χ3v) is 3.66. The van der Waals surface area contributed by atoms with Gasteiger partial charge < -0.3 is 14.4 Å². The molecular weight excluding hydrogens is 292 g/mol. The third kappa shape index (κ3) is 3.55. The molecule has 1 saturated heterocycles. The molecule has 1 heterocycles. The Morgan fingerprint density at radius 2 is 1.82 bits per heavy atom. The number of halogens is 2. The van der Waals surface area contributed by atoms with Crippen molar-refractivity contribution in [1.82, 2.24) is 4.90 Å². The number of carbonyl (C=O) groups is 1. The second kappa shape index (κ2) is 5.83. The number of rotatable bonds is 2. The van der Waals surface area contributed by atoms with E-state index in [9.17, 15) is 13.6 Å². The molecule has 22 heavy (non-hydrogen) atoms. The molecule has 0 spiro atoms. The molecule has 1 aromatic carbocycles. The maximum absolute atomic E-state index is 13.5. The lowest BCUT2D eigenvalue weighted by molar-refractivity contribution is -0.0134. The van der Waals surface area contributed by atoms with Crippen LogP contribution in [-0.4, -0.2) is 36.8 Å². The van der Waals surface area contributed by atoms with Gasteiger partial charge in [-0.25, -0.2) is 13.6 Å². The molecule has 1 atom stereocenters. The Morgan fingerprint density at radius 3 is 2.32 bits per heavy atom. The van der Waals surface area contributed by atoms with Crippen LogP contribution in [0.25, 0.3) is 0 Å². The van der Waals surface area contributed by atoms with Crippen molar-refractivity contribution in [1.29, 1.82) is 0 Å². The van der Waals surface area contributed by atoms with Crippen molar-refractivity contribution in [3.8, 4) is 0 Å². The second-order valence-electron chi connectivity index (χ2n) is 6.51. The topological polar surface area (TPSA) is 38.8 Å². The van der Waals surface area contributed by atoms with E-state index in [2.05, 4.69) is 0 Å². The quantitative estimate of drug-likeness (QED) is 0.839. The van der Waals surface area contributed by atoms with Gasteiger partial charge in [0, 0.05) is 26.1 Å². The van der Waals surface area contributed by atoms with Crippen molar-refractivity contribution in [2.24, 2.45) is 0 Å². The standard InChI is InChI=1S/C16H21F2NO3/c1-15(2,3)22-14(20)19-6-5-16(10-19,21-4)11-7-12(17)9-13(18)8-11/h7-9H,5-6,10H2,1-4H3.